The Morgan fingerprint density at radius 3 is 2.72 bits per heavy atom. The number of hydrogen-bond acceptors (Lipinski definition) is 3. The van der Waals surface area contributed by atoms with Gasteiger partial charge in [0.15, 0.2) is 0 Å². The molecule has 92 valence electrons. The summed E-state index contributed by atoms with van der Waals surface area (Å²) in [5.41, 5.74) is 0.784. The van der Waals surface area contributed by atoms with Crippen LogP contribution in [0.2, 0.25) is 5.02 Å². The van der Waals surface area contributed by atoms with E-state index in [0.29, 0.717) is 5.02 Å². The maximum Gasteiger partial charge on any atom is 0.307 e. The number of carbonyl (C=O) groups is 1. The van der Waals surface area contributed by atoms with E-state index < -0.39 is 5.97 Å². The van der Waals surface area contributed by atoms with E-state index in [1.54, 1.807) is 12.3 Å². The van der Waals surface area contributed by atoms with Gasteiger partial charge >= 0.3 is 5.97 Å². The summed E-state index contributed by atoms with van der Waals surface area (Å²) >= 11 is 7.20. The summed E-state index contributed by atoms with van der Waals surface area (Å²) in [7, 11) is 0. The first-order valence-corrected chi connectivity index (χ1v) is 6.44. The van der Waals surface area contributed by atoms with Crippen LogP contribution in [-0.4, -0.2) is 16.1 Å². The summed E-state index contributed by atoms with van der Waals surface area (Å²) in [5.74, 6) is -0.841. The Balaban J connectivity index is 2.23. The number of rotatable bonds is 4. The molecule has 1 heterocycles. The van der Waals surface area contributed by atoms with Crippen LogP contribution in [0.1, 0.15) is 5.56 Å². The SMILES string of the molecule is O=C(O)Cc1ccccc1Sc1ccc(Cl)cn1. The number of hydrogen-bond donors (Lipinski definition) is 1. The van der Waals surface area contributed by atoms with E-state index in [9.17, 15) is 4.79 Å². The molecule has 0 radical (unpaired) electrons. The van der Waals surface area contributed by atoms with Crippen LogP contribution in [-0.2, 0) is 11.2 Å². The molecule has 0 amide bonds. The minimum absolute atomic E-state index is 0.0107. The lowest BCUT2D eigenvalue weighted by Crippen LogP contribution is -2.01. The zero-order chi connectivity index (χ0) is 13.0. The molecule has 2 rings (SSSR count). The van der Waals surface area contributed by atoms with Crippen molar-refractivity contribution in [2.75, 3.05) is 0 Å². The Morgan fingerprint density at radius 2 is 2.06 bits per heavy atom. The van der Waals surface area contributed by atoms with Crippen LogP contribution < -0.4 is 0 Å². The molecule has 0 unspecified atom stereocenters. The van der Waals surface area contributed by atoms with E-state index in [2.05, 4.69) is 4.98 Å². The van der Waals surface area contributed by atoms with Crippen molar-refractivity contribution < 1.29 is 9.90 Å². The van der Waals surface area contributed by atoms with Crippen molar-refractivity contribution in [3.63, 3.8) is 0 Å². The first-order valence-electron chi connectivity index (χ1n) is 5.24. The molecule has 0 aliphatic carbocycles. The Bertz CT molecular complexity index is 557. The summed E-state index contributed by atoms with van der Waals surface area (Å²) in [4.78, 5) is 15.9. The van der Waals surface area contributed by atoms with Crippen molar-refractivity contribution >= 4 is 29.3 Å². The number of carboxylic acid groups (broad SMARTS) is 1. The molecular formula is C13H10ClNO2S. The van der Waals surface area contributed by atoms with Gasteiger partial charge in [0.1, 0.15) is 5.03 Å². The second-order valence-corrected chi connectivity index (χ2v) is 5.09. The largest absolute Gasteiger partial charge is 0.481 e. The smallest absolute Gasteiger partial charge is 0.307 e. The van der Waals surface area contributed by atoms with Crippen molar-refractivity contribution in [1.29, 1.82) is 0 Å². The van der Waals surface area contributed by atoms with E-state index in [-0.39, 0.29) is 6.42 Å². The summed E-state index contributed by atoms with van der Waals surface area (Å²) in [6.07, 6.45) is 1.58. The molecule has 0 saturated heterocycles. The van der Waals surface area contributed by atoms with Gasteiger partial charge in [0.05, 0.1) is 11.4 Å². The Morgan fingerprint density at radius 1 is 1.28 bits per heavy atom. The number of carboxylic acids is 1. The lowest BCUT2D eigenvalue weighted by molar-refractivity contribution is -0.136. The lowest BCUT2D eigenvalue weighted by atomic mass is 10.1. The van der Waals surface area contributed by atoms with E-state index >= 15 is 0 Å². The molecule has 1 aromatic heterocycles. The van der Waals surface area contributed by atoms with Gasteiger partial charge in [-0.05, 0) is 23.8 Å². The molecule has 0 atom stereocenters. The fourth-order valence-electron chi connectivity index (χ4n) is 1.45. The van der Waals surface area contributed by atoms with Crippen molar-refractivity contribution in [2.45, 2.75) is 16.3 Å². The number of nitrogens with zero attached hydrogens (tertiary/aromatic N) is 1. The second-order valence-electron chi connectivity index (χ2n) is 3.59. The minimum Gasteiger partial charge on any atom is -0.481 e. The van der Waals surface area contributed by atoms with Crippen LogP contribution in [0.25, 0.3) is 0 Å². The number of benzene rings is 1. The molecule has 0 spiro atoms. The van der Waals surface area contributed by atoms with E-state index in [4.69, 9.17) is 16.7 Å². The van der Waals surface area contributed by atoms with Crippen molar-refractivity contribution in [3.8, 4) is 0 Å². The average molecular weight is 280 g/mol. The van der Waals surface area contributed by atoms with Crippen molar-refractivity contribution in [2.24, 2.45) is 0 Å². The van der Waals surface area contributed by atoms with E-state index in [1.165, 1.54) is 11.8 Å². The van der Waals surface area contributed by atoms with E-state index in [0.717, 1.165) is 15.5 Å². The number of pyridine rings is 1. The summed E-state index contributed by atoms with van der Waals surface area (Å²) < 4.78 is 0. The summed E-state index contributed by atoms with van der Waals surface area (Å²) in [6, 6.07) is 11.0. The zero-order valence-electron chi connectivity index (χ0n) is 9.34. The number of aliphatic carboxylic acids is 1. The van der Waals surface area contributed by atoms with Gasteiger partial charge in [-0.2, -0.15) is 0 Å². The predicted molar refractivity (Wildman–Crippen MR) is 71.2 cm³/mol. The van der Waals surface area contributed by atoms with Gasteiger partial charge in [-0.3, -0.25) is 4.79 Å². The second kappa shape index (κ2) is 5.89. The van der Waals surface area contributed by atoms with Gasteiger partial charge in [-0.1, -0.05) is 41.6 Å². The maximum absolute atomic E-state index is 10.8. The Labute approximate surface area is 114 Å². The third-order valence-electron chi connectivity index (χ3n) is 2.23. The van der Waals surface area contributed by atoms with Gasteiger partial charge in [0.2, 0.25) is 0 Å². The third kappa shape index (κ3) is 3.48. The van der Waals surface area contributed by atoms with Crippen LogP contribution in [0, 0.1) is 0 Å². The average Bonchev–Trinajstić information content (AvgIpc) is 2.34. The van der Waals surface area contributed by atoms with Crippen LogP contribution in [0.15, 0.2) is 52.5 Å². The summed E-state index contributed by atoms with van der Waals surface area (Å²) in [6.45, 7) is 0. The molecule has 0 aliphatic heterocycles. The van der Waals surface area contributed by atoms with Gasteiger partial charge in [0, 0.05) is 11.1 Å². The minimum atomic E-state index is -0.841. The number of halogens is 1. The highest BCUT2D eigenvalue weighted by Gasteiger charge is 2.08. The standard InChI is InChI=1S/C13H10ClNO2S/c14-10-5-6-12(15-8-10)18-11-4-2-1-3-9(11)7-13(16)17/h1-6,8H,7H2,(H,16,17). The normalized spacial score (nSPS) is 10.3. The van der Waals surface area contributed by atoms with Crippen LogP contribution in [0.3, 0.4) is 0 Å². The fraction of sp³-hybridized carbons (Fsp3) is 0.0769. The molecule has 3 nitrogen and oxygen atoms in total. The van der Waals surface area contributed by atoms with Gasteiger partial charge in [0.25, 0.3) is 0 Å². The van der Waals surface area contributed by atoms with Crippen LogP contribution >= 0.6 is 23.4 Å². The predicted octanol–water partition coefficient (Wildman–Crippen LogP) is 3.51. The highest BCUT2D eigenvalue weighted by atomic mass is 35.5. The van der Waals surface area contributed by atoms with Gasteiger partial charge in [-0.25, -0.2) is 4.98 Å². The first kappa shape index (κ1) is 12.9. The first-order chi connectivity index (χ1) is 8.65. The molecule has 0 saturated carbocycles. The summed E-state index contributed by atoms with van der Waals surface area (Å²) in [5, 5.41) is 10.2. The van der Waals surface area contributed by atoms with Crippen molar-refractivity contribution in [3.05, 3.63) is 53.2 Å². The van der Waals surface area contributed by atoms with Gasteiger partial charge < -0.3 is 5.11 Å². The fourth-order valence-corrected chi connectivity index (χ4v) is 2.44. The molecule has 0 aliphatic rings. The van der Waals surface area contributed by atoms with Gasteiger partial charge in [-0.15, -0.1) is 0 Å². The lowest BCUT2D eigenvalue weighted by Gasteiger charge is -2.06. The van der Waals surface area contributed by atoms with Crippen LogP contribution in [0.5, 0.6) is 0 Å². The maximum atomic E-state index is 10.8. The van der Waals surface area contributed by atoms with Crippen LogP contribution in [0.4, 0.5) is 0 Å². The highest BCUT2D eigenvalue weighted by Crippen LogP contribution is 2.29. The monoisotopic (exact) mass is 279 g/mol. The molecule has 0 bridgehead atoms. The molecule has 5 heteroatoms. The molecular weight excluding hydrogens is 270 g/mol. The molecule has 18 heavy (non-hydrogen) atoms. The Kier molecular flexibility index (Phi) is 4.23. The molecule has 1 N–H and O–H groups in total. The molecule has 2 aromatic rings. The molecule has 0 fully saturated rings. The topological polar surface area (TPSA) is 50.2 Å². The quantitative estimate of drug-likeness (QED) is 0.930. The van der Waals surface area contributed by atoms with E-state index in [1.807, 2.05) is 30.3 Å². The highest BCUT2D eigenvalue weighted by molar-refractivity contribution is 7.99. The zero-order valence-corrected chi connectivity index (χ0v) is 10.9. The molecule has 1 aromatic carbocycles. The third-order valence-corrected chi connectivity index (χ3v) is 3.52. The Hall–Kier alpha value is -1.52. The van der Waals surface area contributed by atoms with Crippen molar-refractivity contribution in [1.82, 2.24) is 4.98 Å². The number of aromatic nitrogens is 1.